The van der Waals surface area contributed by atoms with E-state index >= 15 is 0 Å². The molecule has 0 aromatic carbocycles. The summed E-state index contributed by atoms with van der Waals surface area (Å²) in [5.74, 6) is 0. The predicted octanol–water partition coefficient (Wildman–Crippen LogP) is 1.19. The first kappa shape index (κ1) is 16.0. The molecule has 1 heterocycles. The molecule has 0 amide bonds. The van der Waals surface area contributed by atoms with Crippen LogP contribution in [0.4, 0.5) is 0 Å². The lowest BCUT2D eigenvalue weighted by Gasteiger charge is -2.27. The number of hydrogen-bond acceptors (Lipinski definition) is 5. The van der Waals surface area contributed by atoms with Crippen LogP contribution in [0.3, 0.4) is 0 Å². The third-order valence-electron chi connectivity index (χ3n) is 2.64. The minimum absolute atomic E-state index is 0.263. The van der Waals surface area contributed by atoms with Crippen molar-refractivity contribution in [2.24, 2.45) is 0 Å². The predicted molar refractivity (Wildman–Crippen MR) is 75.8 cm³/mol. The van der Waals surface area contributed by atoms with Crippen LogP contribution >= 0.6 is 17.7 Å². The quantitative estimate of drug-likeness (QED) is 0.453. The first-order chi connectivity index (χ1) is 7.95. The van der Waals surface area contributed by atoms with Gasteiger partial charge in [0.15, 0.2) is 0 Å². The molecular weight excluding hydrogens is 278 g/mol. The van der Waals surface area contributed by atoms with Gasteiger partial charge < -0.3 is 18.7 Å². The van der Waals surface area contributed by atoms with Gasteiger partial charge in [0.1, 0.15) is 31.6 Å². The van der Waals surface area contributed by atoms with Gasteiger partial charge >= 0.3 is 0 Å². The Labute approximate surface area is 114 Å². The van der Waals surface area contributed by atoms with Gasteiger partial charge in [0.25, 0.3) is 0 Å². The fourth-order valence-corrected chi connectivity index (χ4v) is 3.12. The van der Waals surface area contributed by atoms with Crippen molar-refractivity contribution in [2.45, 2.75) is 31.2 Å². The van der Waals surface area contributed by atoms with Crippen molar-refractivity contribution in [1.82, 2.24) is 0 Å². The minimum atomic E-state index is -2.10. The molecule has 0 bridgehead atoms. The molecule has 0 saturated carbocycles. The van der Waals surface area contributed by atoms with Gasteiger partial charge in [0.2, 0.25) is 0 Å². The van der Waals surface area contributed by atoms with Crippen LogP contribution < -0.4 is 0 Å². The molecule has 0 aromatic rings. The largest absolute Gasteiger partial charge is 0.382 e. The zero-order valence-electron chi connectivity index (χ0n) is 10.2. The van der Waals surface area contributed by atoms with Gasteiger partial charge in [-0.25, -0.2) is 0 Å². The molecule has 2 radical (unpaired) electrons. The highest BCUT2D eigenvalue weighted by molar-refractivity contribution is 8.61. The maximum atomic E-state index is 5.87. The zero-order chi connectivity index (χ0) is 13.1. The smallest absolute Gasteiger partial charge is 0.120 e. The van der Waals surface area contributed by atoms with E-state index in [1.165, 1.54) is 0 Å². The number of rotatable bonds is 6. The van der Waals surface area contributed by atoms with E-state index in [1.807, 2.05) is 6.92 Å². The molecule has 1 aliphatic heterocycles. The van der Waals surface area contributed by atoms with E-state index in [9.17, 15) is 0 Å². The normalized spacial score (nSPS) is 36.9. The lowest BCUT2D eigenvalue weighted by Crippen LogP contribution is -2.37. The summed E-state index contributed by atoms with van der Waals surface area (Å²) in [6.45, 7) is 2.35. The van der Waals surface area contributed by atoms with E-state index in [-0.39, 0.29) is 18.3 Å². The molecule has 0 N–H and O–H groups in total. The van der Waals surface area contributed by atoms with E-state index in [1.54, 1.807) is 14.2 Å². The molecule has 1 saturated heterocycles. The highest BCUT2D eigenvalue weighted by atomic mass is 32.9. The summed E-state index contributed by atoms with van der Waals surface area (Å²) >= 11 is 9.71. The van der Waals surface area contributed by atoms with E-state index in [2.05, 4.69) is 12.2 Å². The van der Waals surface area contributed by atoms with Gasteiger partial charge in [-0.15, -0.1) is 12.2 Å². The molecule has 1 aliphatic rings. The standard InChI is InChI=1S/C9H18BO4PS2/c1-4-15(16,17)14-7-6(5-11-2)13-9(10)8(7)12-3/h6-9H,4-5H2,1-3H3,(H,16,17)/t6-,7?,8+,9-/m1/s1. The molecule has 0 aromatic heterocycles. The molecule has 1 fully saturated rings. The fourth-order valence-electron chi connectivity index (χ4n) is 1.71. The molecule has 2 unspecified atom stereocenters. The number of hydrogen-bond donors (Lipinski definition) is 1. The maximum absolute atomic E-state index is 5.87. The van der Waals surface area contributed by atoms with Crippen LogP contribution in [0, 0.1) is 0 Å². The third-order valence-corrected chi connectivity index (χ3v) is 6.17. The van der Waals surface area contributed by atoms with Gasteiger partial charge in [-0.3, -0.25) is 0 Å². The van der Waals surface area contributed by atoms with Gasteiger partial charge in [0.05, 0.1) is 6.61 Å². The lowest BCUT2D eigenvalue weighted by molar-refractivity contribution is -0.00933. The third kappa shape index (κ3) is 4.20. The number of ether oxygens (including phenoxy) is 3. The first-order valence-corrected chi connectivity index (χ1v) is 9.44. The van der Waals surface area contributed by atoms with Crippen LogP contribution in [0.5, 0.6) is 0 Å². The van der Waals surface area contributed by atoms with Gasteiger partial charge in [0, 0.05) is 26.4 Å². The molecule has 0 spiro atoms. The first-order valence-electron chi connectivity index (χ1n) is 5.38. The van der Waals surface area contributed by atoms with Gasteiger partial charge in [-0.05, 0) is 0 Å². The minimum Gasteiger partial charge on any atom is -0.382 e. The van der Waals surface area contributed by atoms with Crippen LogP contribution in [0.25, 0.3) is 0 Å². The van der Waals surface area contributed by atoms with Crippen molar-refractivity contribution < 1.29 is 18.7 Å². The summed E-state index contributed by atoms with van der Waals surface area (Å²) in [5, 5.41) is 0. The Morgan fingerprint density at radius 1 is 1.41 bits per heavy atom. The second kappa shape index (κ2) is 6.89. The molecular formula is C9H18BO4PS2. The molecule has 0 aliphatic carbocycles. The topological polar surface area (TPSA) is 36.9 Å². The van der Waals surface area contributed by atoms with Crippen molar-refractivity contribution in [3.8, 4) is 0 Å². The average Bonchev–Trinajstić information content (AvgIpc) is 2.55. The van der Waals surface area contributed by atoms with Gasteiger partial charge in [-0.1, -0.05) is 18.7 Å². The molecule has 98 valence electrons. The summed E-state index contributed by atoms with van der Waals surface area (Å²) in [7, 11) is 9.01. The summed E-state index contributed by atoms with van der Waals surface area (Å²) in [5.41, 5.74) is -2.10. The molecule has 5 atom stereocenters. The van der Waals surface area contributed by atoms with E-state index in [4.69, 9.17) is 38.4 Å². The number of methoxy groups -OCH3 is 2. The van der Waals surface area contributed by atoms with Crippen molar-refractivity contribution in [2.75, 3.05) is 27.0 Å². The SMILES string of the molecule is [B][C@@H]1O[C@H](COC)C(OP(=S)(S)CC)[C@@H]1OC. The summed E-state index contributed by atoms with van der Waals surface area (Å²) in [6, 6.07) is -0.523. The van der Waals surface area contributed by atoms with Crippen LogP contribution in [0.2, 0.25) is 0 Å². The summed E-state index contributed by atoms with van der Waals surface area (Å²) in [6.07, 6.45) is -0.219. The monoisotopic (exact) mass is 296 g/mol. The highest BCUT2D eigenvalue weighted by Crippen LogP contribution is 2.54. The van der Waals surface area contributed by atoms with Crippen molar-refractivity contribution in [1.29, 1.82) is 0 Å². The highest BCUT2D eigenvalue weighted by Gasteiger charge is 2.44. The lowest BCUT2D eigenvalue weighted by atomic mass is 9.93. The molecule has 4 nitrogen and oxygen atoms in total. The molecule has 1 rings (SSSR count). The van der Waals surface area contributed by atoms with Crippen molar-refractivity contribution >= 4 is 37.4 Å². The Hall–Kier alpha value is 0.905. The summed E-state index contributed by atoms with van der Waals surface area (Å²) in [4.78, 5) is 0. The number of thiol groups is 1. The van der Waals surface area contributed by atoms with Crippen molar-refractivity contribution in [3.05, 3.63) is 0 Å². The van der Waals surface area contributed by atoms with Crippen LogP contribution in [-0.2, 0) is 30.5 Å². The molecule has 8 heteroatoms. The Morgan fingerprint density at radius 3 is 2.53 bits per heavy atom. The zero-order valence-corrected chi connectivity index (χ0v) is 12.8. The maximum Gasteiger partial charge on any atom is 0.120 e. The van der Waals surface area contributed by atoms with E-state index in [0.717, 1.165) is 0 Å². The summed E-state index contributed by atoms with van der Waals surface area (Å²) < 4.78 is 21.8. The van der Waals surface area contributed by atoms with Crippen LogP contribution in [0.15, 0.2) is 0 Å². The van der Waals surface area contributed by atoms with Crippen LogP contribution in [-0.4, -0.2) is 59.1 Å². The van der Waals surface area contributed by atoms with E-state index in [0.29, 0.717) is 12.8 Å². The molecule has 17 heavy (non-hydrogen) atoms. The Balaban J connectivity index is 2.77. The Bertz CT molecular complexity index is 294. The Kier molecular flexibility index (Phi) is 6.47. The van der Waals surface area contributed by atoms with Crippen molar-refractivity contribution in [3.63, 3.8) is 0 Å². The second-order valence-electron chi connectivity index (χ2n) is 3.82. The Morgan fingerprint density at radius 2 is 2.06 bits per heavy atom. The van der Waals surface area contributed by atoms with Gasteiger partial charge in [-0.2, -0.15) is 0 Å². The average molecular weight is 296 g/mol. The van der Waals surface area contributed by atoms with Crippen LogP contribution in [0.1, 0.15) is 6.92 Å². The second-order valence-corrected chi connectivity index (χ2v) is 10.5. The fraction of sp³-hybridized carbons (Fsp3) is 1.00. The van der Waals surface area contributed by atoms with E-state index < -0.39 is 11.5 Å².